The zero-order chi connectivity index (χ0) is 19.2. The van der Waals surface area contributed by atoms with Crippen molar-refractivity contribution in [2.24, 2.45) is 0 Å². The first-order valence-corrected chi connectivity index (χ1v) is 8.77. The van der Waals surface area contributed by atoms with Crippen LogP contribution in [0.5, 0.6) is 5.75 Å². The Kier molecular flexibility index (Phi) is 5.66. The van der Waals surface area contributed by atoms with Gasteiger partial charge in [-0.05, 0) is 44.0 Å². The maximum atomic E-state index is 12.5. The van der Waals surface area contributed by atoms with Gasteiger partial charge in [0.2, 0.25) is 0 Å². The molecule has 0 spiro atoms. The third-order valence-electron chi connectivity index (χ3n) is 4.05. The van der Waals surface area contributed by atoms with Gasteiger partial charge in [-0.2, -0.15) is 0 Å². The highest BCUT2D eigenvalue weighted by molar-refractivity contribution is 6.03. The molecule has 0 fully saturated rings. The van der Waals surface area contributed by atoms with Crippen LogP contribution in [0.4, 0.5) is 17.2 Å². The molecule has 0 aliphatic rings. The Morgan fingerprint density at radius 2 is 1.74 bits per heavy atom. The van der Waals surface area contributed by atoms with Gasteiger partial charge in [-0.15, -0.1) is 0 Å². The van der Waals surface area contributed by atoms with Crippen LogP contribution in [0.2, 0.25) is 0 Å². The van der Waals surface area contributed by atoms with Crippen molar-refractivity contribution >= 4 is 23.1 Å². The predicted octanol–water partition coefficient (Wildman–Crippen LogP) is 4.49. The normalized spacial score (nSPS) is 10.3. The molecule has 1 heterocycles. The highest BCUT2D eigenvalue weighted by Gasteiger charge is 2.12. The van der Waals surface area contributed by atoms with Crippen LogP contribution in [-0.4, -0.2) is 22.5 Å². The Morgan fingerprint density at radius 3 is 2.41 bits per heavy atom. The fourth-order valence-electron chi connectivity index (χ4n) is 2.69. The van der Waals surface area contributed by atoms with Crippen molar-refractivity contribution in [3.63, 3.8) is 0 Å². The molecule has 0 bridgehead atoms. The van der Waals surface area contributed by atoms with E-state index in [1.807, 2.05) is 63.2 Å². The van der Waals surface area contributed by atoms with E-state index in [1.165, 1.54) is 12.4 Å². The summed E-state index contributed by atoms with van der Waals surface area (Å²) >= 11 is 0. The molecular weight excluding hydrogens is 340 g/mol. The number of para-hydroxylation sites is 3. The number of anilines is 3. The van der Waals surface area contributed by atoms with E-state index in [2.05, 4.69) is 20.6 Å². The Labute approximate surface area is 158 Å². The summed E-state index contributed by atoms with van der Waals surface area (Å²) in [6.07, 6.45) is 2.98. The molecule has 3 aromatic rings. The number of carbonyl (C=O) groups excluding carboxylic acids is 1. The lowest BCUT2D eigenvalue weighted by Gasteiger charge is -2.12. The fourth-order valence-corrected chi connectivity index (χ4v) is 2.69. The number of benzene rings is 2. The number of carbonyl (C=O) groups is 1. The van der Waals surface area contributed by atoms with Crippen molar-refractivity contribution in [2.75, 3.05) is 17.2 Å². The maximum Gasteiger partial charge on any atom is 0.275 e. The standard InChI is InChI=1S/C21H22N4O2/c1-4-27-18-11-6-5-10-16(18)24-19-13-22-17(12-23-19)21(26)25-20-14(2)8-7-9-15(20)3/h5-13H,4H2,1-3H3,(H,23,24)(H,25,26). The molecule has 0 aliphatic heterocycles. The summed E-state index contributed by atoms with van der Waals surface area (Å²) < 4.78 is 5.59. The summed E-state index contributed by atoms with van der Waals surface area (Å²) in [5.74, 6) is 0.977. The largest absolute Gasteiger partial charge is 0.492 e. The van der Waals surface area contributed by atoms with Gasteiger partial charge in [-0.1, -0.05) is 30.3 Å². The molecule has 0 saturated carbocycles. The number of hydrogen-bond donors (Lipinski definition) is 2. The van der Waals surface area contributed by atoms with E-state index in [1.54, 1.807) is 0 Å². The van der Waals surface area contributed by atoms with Crippen LogP contribution in [0.15, 0.2) is 54.9 Å². The van der Waals surface area contributed by atoms with Gasteiger partial charge in [0.05, 0.1) is 24.7 Å². The van der Waals surface area contributed by atoms with Crippen LogP contribution in [0, 0.1) is 13.8 Å². The minimum Gasteiger partial charge on any atom is -0.492 e. The Balaban J connectivity index is 1.73. The van der Waals surface area contributed by atoms with Crippen LogP contribution in [-0.2, 0) is 0 Å². The number of ether oxygens (including phenoxy) is 1. The van der Waals surface area contributed by atoms with Gasteiger partial charge in [0.25, 0.3) is 5.91 Å². The summed E-state index contributed by atoms with van der Waals surface area (Å²) in [4.78, 5) is 21.0. The number of hydrogen-bond acceptors (Lipinski definition) is 5. The van der Waals surface area contributed by atoms with E-state index in [4.69, 9.17) is 4.74 Å². The molecule has 3 rings (SSSR count). The van der Waals surface area contributed by atoms with Gasteiger partial charge >= 0.3 is 0 Å². The maximum absolute atomic E-state index is 12.5. The second-order valence-electron chi connectivity index (χ2n) is 6.06. The SMILES string of the molecule is CCOc1ccccc1Nc1cnc(C(=O)Nc2c(C)cccc2C)cn1. The second kappa shape index (κ2) is 8.31. The lowest BCUT2D eigenvalue weighted by atomic mass is 10.1. The molecule has 0 saturated heterocycles. The Hall–Kier alpha value is -3.41. The molecule has 6 nitrogen and oxygen atoms in total. The zero-order valence-electron chi connectivity index (χ0n) is 15.6. The van der Waals surface area contributed by atoms with E-state index in [-0.39, 0.29) is 11.6 Å². The van der Waals surface area contributed by atoms with Gasteiger partial charge in [0, 0.05) is 5.69 Å². The van der Waals surface area contributed by atoms with Gasteiger partial charge in [-0.3, -0.25) is 4.79 Å². The molecule has 2 N–H and O–H groups in total. The smallest absolute Gasteiger partial charge is 0.275 e. The molecule has 0 aliphatic carbocycles. The molecule has 1 aromatic heterocycles. The third-order valence-corrected chi connectivity index (χ3v) is 4.05. The van der Waals surface area contributed by atoms with E-state index >= 15 is 0 Å². The van der Waals surface area contributed by atoms with Crippen LogP contribution in [0.1, 0.15) is 28.5 Å². The molecule has 2 aromatic carbocycles. The Bertz CT molecular complexity index is 919. The molecule has 0 radical (unpaired) electrons. The third kappa shape index (κ3) is 4.41. The minimum atomic E-state index is -0.291. The minimum absolute atomic E-state index is 0.251. The summed E-state index contributed by atoms with van der Waals surface area (Å²) in [6.45, 7) is 6.41. The lowest BCUT2D eigenvalue weighted by Crippen LogP contribution is -2.15. The molecule has 0 unspecified atom stereocenters. The monoisotopic (exact) mass is 362 g/mol. The quantitative estimate of drug-likeness (QED) is 0.676. The van der Waals surface area contributed by atoms with Crippen molar-refractivity contribution < 1.29 is 9.53 Å². The highest BCUT2D eigenvalue weighted by atomic mass is 16.5. The Morgan fingerprint density at radius 1 is 1.00 bits per heavy atom. The van der Waals surface area contributed by atoms with E-state index < -0.39 is 0 Å². The van der Waals surface area contributed by atoms with Crippen molar-refractivity contribution in [3.8, 4) is 5.75 Å². The van der Waals surface area contributed by atoms with Gasteiger partial charge in [-0.25, -0.2) is 9.97 Å². The lowest BCUT2D eigenvalue weighted by molar-refractivity contribution is 0.102. The summed E-state index contributed by atoms with van der Waals surface area (Å²) in [7, 11) is 0. The average molecular weight is 362 g/mol. The molecule has 27 heavy (non-hydrogen) atoms. The first kappa shape index (κ1) is 18.4. The summed E-state index contributed by atoms with van der Waals surface area (Å²) in [5.41, 5.74) is 3.85. The van der Waals surface area contributed by atoms with Crippen molar-refractivity contribution in [3.05, 3.63) is 71.7 Å². The van der Waals surface area contributed by atoms with Crippen LogP contribution >= 0.6 is 0 Å². The topological polar surface area (TPSA) is 76.1 Å². The van der Waals surface area contributed by atoms with Crippen LogP contribution in [0.25, 0.3) is 0 Å². The highest BCUT2D eigenvalue weighted by Crippen LogP contribution is 2.26. The number of aryl methyl sites for hydroxylation is 2. The first-order valence-electron chi connectivity index (χ1n) is 8.77. The van der Waals surface area contributed by atoms with Gasteiger partial charge in [0.15, 0.2) is 0 Å². The molecular formula is C21H22N4O2. The summed E-state index contributed by atoms with van der Waals surface area (Å²) in [5, 5.41) is 6.07. The van der Waals surface area contributed by atoms with Gasteiger partial charge in [0.1, 0.15) is 17.3 Å². The van der Waals surface area contributed by atoms with Crippen LogP contribution < -0.4 is 15.4 Å². The van der Waals surface area contributed by atoms with E-state index in [0.29, 0.717) is 12.4 Å². The first-order chi connectivity index (χ1) is 13.1. The summed E-state index contributed by atoms with van der Waals surface area (Å²) in [6, 6.07) is 13.5. The van der Waals surface area contributed by atoms with Crippen molar-refractivity contribution in [2.45, 2.75) is 20.8 Å². The number of rotatable bonds is 6. The number of aromatic nitrogens is 2. The molecule has 0 atom stereocenters. The number of nitrogens with one attached hydrogen (secondary N) is 2. The molecule has 6 heteroatoms. The molecule has 1 amide bonds. The van der Waals surface area contributed by atoms with Crippen LogP contribution in [0.3, 0.4) is 0 Å². The van der Waals surface area contributed by atoms with Crippen molar-refractivity contribution in [1.29, 1.82) is 0 Å². The predicted molar refractivity (Wildman–Crippen MR) is 107 cm³/mol. The van der Waals surface area contributed by atoms with E-state index in [9.17, 15) is 4.79 Å². The van der Waals surface area contributed by atoms with Crippen molar-refractivity contribution in [1.82, 2.24) is 9.97 Å². The second-order valence-corrected chi connectivity index (χ2v) is 6.06. The number of nitrogens with zero attached hydrogens (tertiary/aromatic N) is 2. The fraction of sp³-hybridized carbons (Fsp3) is 0.190. The van der Waals surface area contributed by atoms with Gasteiger partial charge < -0.3 is 15.4 Å². The zero-order valence-corrected chi connectivity index (χ0v) is 15.6. The molecule has 138 valence electrons. The van der Waals surface area contributed by atoms with E-state index in [0.717, 1.165) is 28.3 Å². The average Bonchev–Trinajstić information content (AvgIpc) is 2.67. The number of amides is 1.